The van der Waals surface area contributed by atoms with Gasteiger partial charge in [0.2, 0.25) is 0 Å². The van der Waals surface area contributed by atoms with E-state index in [-0.39, 0.29) is 5.02 Å². The summed E-state index contributed by atoms with van der Waals surface area (Å²) in [4.78, 5) is 16.6. The first-order chi connectivity index (χ1) is 12.5. The van der Waals surface area contributed by atoms with E-state index in [1.54, 1.807) is 24.5 Å². The Kier molecular flexibility index (Phi) is 5.40. The van der Waals surface area contributed by atoms with Gasteiger partial charge in [-0.1, -0.05) is 29.3 Å². The lowest BCUT2D eigenvalue weighted by molar-refractivity contribution is 0.0955. The fourth-order valence-electron chi connectivity index (χ4n) is 2.65. The largest absolute Gasteiger partial charge is 0.303 e. The first-order valence-electron chi connectivity index (χ1n) is 7.86. The van der Waals surface area contributed by atoms with Crippen LogP contribution in [-0.2, 0) is 0 Å². The highest BCUT2D eigenvalue weighted by Crippen LogP contribution is 2.21. The van der Waals surface area contributed by atoms with Crippen LogP contribution in [0.1, 0.15) is 27.3 Å². The number of pyridine rings is 1. The van der Waals surface area contributed by atoms with Crippen LogP contribution >= 0.6 is 23.2 Å². The molecule has 132 valence electrons. The van der Waals surface area contributed by atoms with Gasteiger partial charge in [-0.2, -0.15) is 5.10 Å². The van der Waals surface area contributed by atoms with Gasteiger partial charge in [-0.15, -0.1) is 0 Å². The summed E-state index contributed by atoms with van der Waals surface area (Å²) >= 11 is 11.9. The van der Waals surface area contributed by atoms with Crippen LogP contribution < -0.4 is 5.43 Å². The molecule has 3 aromatic rings. The van der Waals surface area contributed by atoms with Gasteiger partial charge in [0.15, 0.2) is 0 Å². The van der Waals surface area contributed by atoms with E-state index in [2.05, 4.69) is 15.5 Å². The molecule has 0 bridgehead atoms. The molecule has 0 spiro atoms. The molecule has 2 aromatic heterocycles. The van der Waals surface area contributed by atoms with Crippen molar-refractivity contribution in [1.29, 1.82) is 0 Å². The highest BCUT2D eigenvalue weighted by Gasteiger charge is 2.11. The van der Waals surface area contributed by atoms with Crippen molar-refractivity contribution in [1.82, 2.24) is 15.0 Å². The summed E-state index contributed by atoms with van der Waals surface area (Å²) in [5, 5.41) is 4.79. The number of hydrogen-bond donors (Lipinski definition) is 1. The lowest BCUT2D eigenvalue weighted by Gasteiger charge is -2.07. The number of halogens is 2. The predicted molar refractivity (Wildman–Crippen MR) is 105 cm³/mol. The lowest BCUT2D eigenvalue weighted by atomic mass is 10.2. The topological polar surface area (TPSA) is 59.3 Å². The quantitative estimate of drug-likeness (QED) is 0.527. The Morgan fingerprint density at radius 2 is 2.00 bits per heavy atom. The number of hydrazone groups is 1. The van der Waals surface area contributed by atoms with Gasteiger partial charge in [0.05, 0.1) is 16.8 Å². The van der Waals surface area contributed by atoms with E-state index in [4.69, 9.17) is 23.2 Å². The predicted octanol–water partition coefficient (Wildman–Crippen LogP) is 4.56. The molecule has 0 saturated carbocycles. The summed E-state index contributed by atoms with van der Waals surface area (Å²) in [5.74, 6) is 0.431. The molecule has 1 aromatic carbocycles. The van der Waals surface area contributed by atoms with E-state index < -0.39 is 5.91 Å². The molecule has 3 rings (SSSR count). The molecule has 2 heterocycles. The summed E-state index contributed by atoms with van der Waals surface area (Å²) in [5.41, 5.74) is 5.68. The van der Waals surface area contributed by atoms with E-state index in [1.807, 2.05) is 42.7 Å². The van der Waals surface area contributed by atoms with Crippen molar-refractivity contribution >= 4 is 35.3 Å². The molecule has 0 unspecified atom stereocenters. The normalized spacial score (nSPS) is 11.1. The second-order valence-electron chi connectivity index (χ2n) is 5.67. The van der Waals surface area contributed by atoms with Gasteiger partial charge in [0.1, 0.15) is 5.82 Å². The first kappa shape index (κ1) is 18.2. The monoisotopic (exact) mass is 386 g/mol. The number of amides is 1. The second-order valence-corrected chi connectivity index (χ2v) is 6.52. The maximum atomic E-state index is 12.2. The Balaban J connectivity index is 1.78. The summed E-state index contributed by atoms with van der Waals surface area (Å²) < 4.78 is 2.03. The minimum atomic E-state index is -0.401. The molecule has 0 radical (unpaired) electrons. The molecule has 26 heavy (non-hydrogen) atoms. The third-order valence-electron chi connectivity index (χ3n) is 3.89. The minimum absolute atomic E-state index is 0.276. The second kappa shape index (κ2) is 7.72. The number of nitrogens with one attached hydrogen (secondary N) is 1. The Bertz CT molecular complexity index is 981. The molecule has 0 saturated heterocycles. The van der Waals surface area contributed by atoms with Gasteiger partial charge in [-0.3, -0.25) is 4.79 Å². The van der Waals surface area contributed by atoms with Crippen LogP contribution in [0.4, 0.5) is 0 Å². The Hall–Kier alpha value is -2.63. The van der Waals surface area contributed by atoms with Crippen LogP contribution in [0.2, 0.25) is 10.0 Å². The van der Waals surface area contributed by atoms with Crippen molar-refractivity contribution in [2.24, 2.45) is 5.10 Å². The van der Waals surface area contributed by atoms with Gasteiger partial charge in [0.25, 0.3) is 5.91 Å². The zero-order chi connectivity index (χ0) is 18.7. The molecule has 5 nitrogen and oxygen atoms in total. The van der Waals surface area contributed by atoms with Crippen LogP contribution in [-0.4, -0.2) is 21.7 Å². The SMILES string of the molecule is Cc1cc(/C=N\NC(=O)c2ccc(Cl)cc2Cl)c(C)n1-c1ccccn1. The Morgan fingerprint density at radius 3 is 2.69 bits per heavy atom. The van der Waals surface area contributed by atoms with Crippen LogP contribution in [0.5, 0.6) is 0 Å². The molecule has 0 fully saturated rings. The van der Waals surface area contributed by atoms with Crippen molar-refractivity contribution in [3.8, 4) is 5.82 Å². The maximum absolute atomic E-state index is 12.2. The molecule has 1 N–H and O–H groups in total. The van der Waals surface area contributed by atoms with E-state index in [0.717, 1.165) is 22.8 Å². The number of carbonyl (C=O) groups excluding carboxylic acids is 1. The van der Waals surface area contributed by atoms with E-state index >= 15 is 0 Å². The van der Waals surface area contributed by atoms with E-state index in [1.165, 1.54) is 6.07 Å². The van der Waals surface area contributed by atoms with Crippen molar-refractivity contribution in [2.75, 3.05) is 0 Å². The van der Waals surface area contributed by atoms with Crippen LogP contribution in [0.15, 0.2) is 53.8 Å². The zero-order valence-electron chi connectivity index (χ0n) is 14.2. The molecular formula is C19H16Cl2N4O. The van der Waals surface area contributed by atoms with Crippen LogP contribution in [0.25, 0.3) is 5.82 Å². The number of hydrogen-bond acceptors (Lipinski definition) is 3. The zero-order valence-corrected chi connectivity index (χ0v) is 15.7. The number of aromatic nitrogens is 2. The van der Waals surface area contributed by atoms with E-state index in [9.17, 15) is 4.79 Å². The summed E-state index contributed by atoms with van der Waals surface area (Å²) in [6, 6.07) is 12.4. The highest BCUT2D eigenvalue weighted by atomic mass is 35.5. The summed E-state index contributed by atoms with van der Waals surface area (Å²) in [6.45, 7) is 3.96. The summed E-state index contributed by atoms with van der Waals surface area (Å²) in [7, 11) is 0. The molecule has 0 aliphatic carbocycles. The van der Waals surface area contributed by atoms with Gasteiger partial charge < -0.3 is 4.57 Å². The summed E-state index contributed by atoms with van der Waals surface area (Å²) in [6.07, 6.45) is 3.35. The number of aryl methyl sites for hydroxylation is 1. The van der Waals surface area contributed by atoms with Crippen LogP contribution in [0.3, 0.4) is 0 Å². The van der Waals surface area contributed by atoms with Gasteiger partial charge in [-0.05, 0) is 50.2 Å². The molecular weight excluding hydrogens is 371 g/mol. The minimum Gasteiger partial charge on any atom is -0.303 e. The number of benzene rings is 1. The van der Waals surface area contributed by atoms with Gasteiger partial charge in [0, 0.05) is 28.2 Å². The van der Waals surface area contributed by atoms with Crippen molar-refractivity contribution < 1.29 is 4.79 Å². The van der Waals surface area contributed by atoms with E-state index in [0.29, 0.717) is 10.6 Å². The standard InChI is InChI=1S/C19H16Cl2N4O/c1-12-9-14(13(2)25(12)18-5-3-4-8-22-18)11-23-24-19(26)16-7-6-15(20)10-17(16)21/h3-11H,1-2H3,(H,24,26)/b23-11-. The number of rotatable bonds is 4. The third-order valence-corrected chi connectivity index (χ3v) is 4.44. The third kappa shape index (κ3) is 3.79. The fraction of sp³-hybridized carbons (Fsp3) is 0.105. The highest BCUT2D eigenvalue weighted by molar-refractivity contribution is 6.36. The van der Waals surface area contributed by atoms with Gasteiger partial charge in [-0.25, -0.2) is 10.4 Å². The van der Waals surface area contributed by atoms with Gasteiger partial charge >= 0.3 is 0 Å². The van der Waals surface area contributed by atoms with Crippen molar-refractivity contribution in [3.05, 3.63) is 81.2 Å². The van der Waals surface area contributed by atoms with Crippen molar-refractivity contribution in [2.45, 2.75) is 13.8 Å². The molecule has 1 amide bonds. The molecule has 0 atom stereocenters. The average Bonchev–Trinajstić information content (AvgIpc) is 2.89. The molecule has 7 heteroatoms. The lowest BCUT2D eigenvalue weighted by Crippen LogP contribution is -2.18. The Labute approximate surface area is 161 Å². The smallest absolute Gasteiger partial charge is 0.272 e. The maximum Gasteiger partial charge on any atom is 0.272 e. The number of nitrogens with zero attached hydrogens (tertiary/aromatic N) is 3. The molecule has 0 aliphatic heterocycles. The first-order valence-corrected chi connectivity index (χ1v) is 8.62. The molecule has 0 aliphatic rings. The fourth-order valence-corrected chi connectivity index (χ4v) is 3.15. The number of carbonyl (C=O) groups is 1. The Morgan fingerprint density at radius 1 is 1.19 bits per heavy atom. The van der Waals surface area contributed by atoms with Crippen molar-refractivity contribution in [3.63, 3.8) is 0 Å². The average molecular weight is 387 g/mol. The van der Waals surface area contributed by atoms with Crippen LogP contribution in [0, 0.1) is 13.8 Å².